The number of carbonyl (C=O) groups is 3. The van der Waals surface area contributed by atoms with Crippen molar-refractivity contribution >= 4 is 18.0 Å². The maximum Gasteiger partial charge on any atom is 0.408 e. The van der Waals surface area contributed by atoms with Gasteiger partial charge in [0.15, 0.2) is 0 Å². The third-order valence-electron chi connectivity index (χ3n) is 4.33. The molecule has 2 aromatic carbocycles. The molecular weight excluding hydrogens is 372 g/mol. The fraction of sp³-hybridized carbons (Fsp3) is 0.318. The van der Waals surface area contributed by atoms with E-state index >= 15 is 0 Å². The Kier molecular flexibility index (Phi) is 8.21. The Morgan fingerprint density at radius 3 is 1.97 bits per heavy atom. The summed E-state index contributed by atoms with van der Waals surface area (Å²) in [6, 6.07) is 16.2. The van der Waals surface area contributed by atoms with Gasteiger partial charge in [-0.3, -0.25) is 4.79 Å². The molecule has 0 saturated carbocycles. The van der Waals surface area contributed by atoms with Gasteiger partial charge in [-0.15, -0.1) is 0 Å². The predicted octanol–water partition coefficient (Wildman–Crippen LogP) is 2.75. The number of hydrogen-bond acceptors (Lipinski definition) is 4. The summed E-state index contributed by atoms with van der Waals surface area (Å²) >= 11 is 0. The third kappa shape index (κ3) is 7.29. The molecule has 0 radical (unpaired) electrons. The van der Waals surface area contributed by atoms with Crippen LogP contribution in [0, 0.1) is 5.92 Å². The summed E-state index contributed by atoms with van der Waals surface area (Å²) in [5, 5.41) is 14.5. The molecule has 0 heterocycles. The highest BCUT2D eigenvalue weighted by Crippen LogP contribution is 2.08. The summed E-state index contributed by atoms with van der Waals surface area (Å²) in [7, 11) is 0. The molecule has 0 aromatic heterocycles. The number of benzene rings is 2. The SMILES string of the molecule is CC(C)[C@H](NC(=O)OCc1ccccc1)C(=O)N[C@@H](Cc1ccccc1)C(=O)O. The lowest BCUT2D eigenvalue weighted by Crippen LogP contribution is -2.54. The molecule has 0 saturated heterocycles. The van der Waals surface area contributed by atoms with Gasteiger partial charge in [0.2, 0.25) is 5.91 Å². The van der Waals surface area contributed by atoms with E-state index in [-0.39, 0.29) is 18.9 Å². The first-order valence-electron chi connectivity index (χ1n) is 9.41. The van der Waals surface area contributed by atoms with Crippen molar-refractivity contribution in [2.45, 2.75) is 39.0 Å². The largest absolute Gasteiger partial charge is 0.480 e. The topological polar surface area (TPSA) is 105 Å². The molecule has 0 aliphatic heterocycles. The van der Waals surface area contributed by atoms with Crippen LogP contribution in [-0.2, 0) is 27.4 Å². The van der Waals surface area contributed by atoms with Gasteiger partial charge in [0.25, 0.3) is 0 Å². The van der Waals surface area contributed by atoms with Gasteiger partial charge < -0.3 is 20.5 Å². The number of carboxylic acids is 1. The number of rotatable bonds is 9. The predicted molar refractivity (Wildman–Crippen MR) is 108 cm³/mol. The van der Waals surface area contributed by atoms with Crippen LogP contribution < -0.4 is 10.6 Å². The molecular formula is C22H26N2O5. The molecule has 0 fully saturated rings. The van der Waals surface area contributed by atoms with Crippen molar-refractivity contribution in [2.75, 3.05) is 0 Å². The van der Waals surface area contributed by atoms with Gasteiger partial charge in [-0.2, -0.15) is 0 Å². The molecule has 7 nitrogen and oxygen atoms in total. The average Bonchev–Trinajstić information content (AvgIpc) is 2.71. The van der Waals surface area contributed by atoms with Crippen LogP contribution in [-0.4, -0.2) is 35.2 Å². The summed E-state index contributed by atoms with van der Waals surface area (Å²) in [5.74, 6) is -1.97. The summed E-state index contributed by atoms with van der Waals surface area (Å²) < 4.78 is 5.16. The summed E-state index contributed by atoms with van der Waals surface area (Å²) in [6.07, 6.45) is -0.594. The Bertz CT molecular complexity index is 808. The van der Waals surface area contributed by atoms with E-state index in [1.165, 1.54) is 0 Å². The lowest BCUT2D eigenvalue weighted by molar-refractivity contribution is -0.142. The van der Waals surface area contributed by atoms with E-state index < -0.39 is 30.1 Å². The number of hydrogen-bond donors (Lipinski definition) is 3. The van der Waals surface area contributed by atoms with E-state index in [0.717, 1.165) is 11.1 Å². The van der Waals surface area contributed by atoms with E-state index in [0.29, 0.717) is 0 Å². The lowest BCUT2D eigenvalue weighted by atomic mass is 10.0. The van der Waals surface area contributed by atoms with Crippen molar-refractivity contribution in [2.24, 2.45) is 5.92 Å². The van der Waals surface area contributed by atoms with Crippen molar-refractivity contribution in [3.63, 3.8) is 0 Å². The maximum atomic E-state index is 12.7. The number of ether oxygens (including phenoxy) is 1. The number of aliphatic carboxylic acids is 1. The Hall–Kier alpha value is -3.35. The van der Waals surface area contributed by atoms with Crippen LogP contribution in [0.1, 0.15) is 25.0 Å². The Labute approximate surface area is 170 Å². The number of alkyl carbamates (subject to hydrolysis) is 1. The zero-order valence-electron chi connectivity index (χ0n) is 16.5. The highest BCUT2D eigenvalue weighted by molar-refractivity contribution is 5.89. The third-order valence-corrected chi connectivity index (χ3v) is 4.33. The molecule has 2 rings (SSSR count). The fourth-order valence-electron chi connectivity index (χ4n) is 2.74. The van der Waals surface area contributed by atoms with Crippen LogP contribution in [0.25, 0.3) is 0 Å². The molecule has 0 spiro atoms. The average molecular weight is 398 g/mol. The standard InChI is InChI=1S/C22H26N2O5/c1-15(2)19(24-22(28)29-14-17-11-7-4-8-12-17)20(25)23-18(21(26)27)13-16-9-5-3-6-10-16/h3-12,15,18-19H,13-14H2,1-2H3,(H,23,25)(H,24,28)(H,26,27)/t18-,19-/m0/s1. The summed E-state index contributed by atoms with van der Waals surface area (Å²) in [4.78, 5) is 36.4. The number of carboxylic acid groups (broad SMARTS) is 1. The van der Waals surface area contributed by atoms with Gasteiger partial charge in [-0.25, -0.2) is 9.59 Å². The van der Waals surface area contributed by atoms with Crippen LogP contribution in [0.15, 0.2) is 60.7 Å². The highest BCUT2D eigenvalue weighted by Gasteiger charge is 2.29. The first-order chi connectivity index (χ1) is 13.9. The number of nitrogens with one attached hydrogen (secondary N) is 2. The highest BCUT2D eigenvalue weighted by atomic mass is 16.5. The lowest BCUT2D eigenvalue weighted by Gasteiger charge is -2.24. The Balaban J connectivity index is 1.96. The van der Waals surface area contributed by atoms with E-state index in [2.05, 4.69) is 10.6 Å². The number of carbonyl (C=O) groups excluding carboxylic acids is 2. The zero-order chi connectivity index (χ0) is 21.2. The Morgan fingerprint density at radius 2 is 1.45 bits per heavy atom. The number of amides is 2. The molecule has 0 bridgehead atoms. The summed E-state index contributed by atoms with van der Waals surface area (Å²) in [6.45, 7) is 3.59. The minimum absolute atomic E-state index is 0.0743. The smallest absolute Gasteiger partial charge is 0.408 e. The first kappa shape index (κ1) is 21.9. The van der Waals surface area contributed by atoms with Crippen LogP contribution in [0.5, 0.6) is 0 Å². The molecule has 0 aliphatic carbocycles. The fourth-order valence-corrected chi connectivity index (χ4v) is 2.74. The van der Waals surface area contributed by atoms with E-state index in [1.54, 1.807) is 38.1 Å². The van der Waals surface area contributed by atoms with Gasteiger partial charge in [0, 0.05) is 6.42 Å². The molecule has 2 amide bonds. The second-order valence-electron chi connectivity index (χ2n) is 7.02. The van der Waals surface area contributed by atoms with Crippen LogP contribution in [0.3, 0.4) is 0 Å². The monoisotopic (exact) mass is 398 g/mol. The van der Waals surface area contributed by atoms with Gasteiger partial charge in [0.1, 0.15) is 18.7 Å². The molecule has 7 heteroatoms. The summed E-state index contributed by atoms with van der Waals surface area (Å²) in [5.41, 5.74) is 1.61. The molecule has 2 aromatic rings. The second kappa shape index (κ2) is 10.8. The normalized spacial score (nSPS) is 12.7. The second-order valence-corrected chi connectivity index (χ2v) is 7.02. The van der Waals surface area contributed by atoms with Crippen LogP contribution in [0.2, 0.25) is 0 Å². The maximum absolute atomic E-state index is 12.7. The van der Waals surface area contributed by atoms with Gasteiger partial charge in [0.05, 0.1) is 0 Å². The molecule has 3 N–H and O–H groups in total. The molecule has 2 atom stereocenters. The van der Waals surface area contributed by atoms with Crippen LogP contribution >= 0.6 is 0 Å². The van der Waals surface area contributed by atoms with Gasteiger partial charge in [-0.05, 0) is 17.0 Å². The van der Waals surface area contributed by atoms with E-state index in [4.69, 9.17) is 4.74 Å². The van der Waals surface area contributed by atoms with E-state index in [9.17, 15) is 19.5 Å². The minimum Gasteiger partial charge on any atom is -0.480 e. The minimum atomic E-state index is -1.14. The van der Waals surface area contributed by atoms with Crippen molar-refractivity contribution in [3.05, 3.63) is 71.8 Å². The first-order valence-corrected chi connectivity index (χ1v) is 9.41. The van der Waals surface area contributed by atoms with Gasteiger partial charge in [-0.1, -0.05) is 74.5 Å². The zero-order valence-corrected chi connectivity index (χ0v) is 16.5. The van der Waals surface area contributed by atoms with Crippen molar-refractivity contribution in [1.29, 1.82) is 0 Å². The molecule has 0 unspecified atom stereocenters. The molecule has 29 heavy (non-hydrogen) atoms. The van der Waals surface area contributed by atoms with Gasteiger partial charge >= 0.3 is 12.1 Å². The molecule has 154 valence electrons. The van der Waals surface area contributed by atoms with Crippen molar-refractivity contribution in [1.82, 2.24) is 10.6 Å². The quantitative estimate of drug-likeness (QED) is 0.602. The van der Waals surface area contributed by atoms with E-state index in [1.807, 2.05) is 36.4 Å². The van der Waals surface area contributed by atoms with Crippen LogP contribution in [0.4, 0.5) is 4.79 Å². The molecule has 0 aliphatic rings. The van der Waals surface area contributed by atoms with Crippen molar-refractivity contribution < 1.29 is 24.2 Å². The van der Waals surface area contributed by atoms with Crippen molar-refractivity contribution in [3.8, 4) is 0 Å². The Morgan fingerprint density at radius 1 is 0.897 bits per heavy atom.